The molecule has 84 valence electrons. The van der Waals surface area contributed by atoms with E-state index in [0.717, 1.165) is 25.9 Å². The molecule has 1 fully saturated rings. The lowest BCUT2D eigenvalue weighted by Crippen LogP contribution is -2.28. The van der Waals surface area contributed by atoms with Crippen LogP contribution in [0.15, 0.2) is 0 Å². The number of hydrogen-bond acceptors (Lipinski definition) is 2. The Bertz CT molecular complexity index is 173. The van der Waals surface area contributed by atoms with Gasteiger partial charge in [0.2, 0.25) is 0 Å². The molecule has 14 heavy (non-hydrogen) atoms. The van der Waals surface area contributed by atoms with Gasteiger partial charge in [-0.15, -0.1) is 0 Å². The highest BCUT2D eigenvalue weighted by Crippen LogP contribution is 2.56. The molecule has 0 aromatic heterocycles. The van der Waals surface area contributed by atoms with Gasteiger partial charge in [0.05, 0.1) is 0 Å². The summed E-state index contributed by atoms with van der Waals surface area (Å²) in [7, 11) is 0. The first kappa shape index (κ1) is 12.0. The Kier molecular flexibility index (Phi) is 3.96. The lowest BCUT2D eigenvalue weighted by molar-refractivity contribution is -0.0409. The maximum Gasteiger partial charge on any atom is 0.198 e. The van der Waals surface area contributed by atoms with Crippen LogP contribution in [-0.2, 0) is 9.47 Å². The SMILES string of the molecule is CCCC1(CCC)OC1(CC)OCC. The third kappa shape index (κ3) is 1.82. The van der Waals surface area contributed by atoms with E-state index in [1.807, 2.05) is 6.92 Å². The van der Waals surface area contributed by atoms with E-state index in [4.69, 9.17) is 9.47 Å². The smallest absolute Gasteiger partial charge is 0.198 e. The third-order valence-corrected chi connectivity index (χ3v) is 3.16. The standard InChI is InChI=1S/C12H24O2/c1-5-9-11(10-6-2)12(7-3,14-11)13-8-4/h5-10H2,1-4H3. The minimum atomic E-state index is -0.242. The van der Waals surface area contributed by atoms with Crippen LogP contribution in [0.3, 0.4) is 0 Å². The van der Waals surface area contributed by atoms with E-state index in [1.54, 1.807) is 0 Å². The molecule has 0 amide bonds. The molecular weight excluding hydrogens is 176 g/mol. The molecule has 0 saturated carbocycles. The quantitative estimate of drug-likeness (QED) is 0.587. The predicted octanol–water partition coefficient (Wildman–Crippen LogP) is 3.50. The molecule has 1 saturated heterocycles. The molecular formula is C12H24O2. The van der Waals surface area contributed by atoms with Crippen molar-refractivity contribution >= 4 is 0 Å². The highest BCUT2D eigenvalue weighted by molar-refractivity contribution is 5.08. The Morgan fingerprint density at radius 1 is 1.00 bits per heavy atom. The van der Waals surface area contributed by atoms with Gasteiger partial charge in [-0.2, -0.15) is 0 Å². The van der Waals surface area contributed by atoms with Crippen molar-refractivity contribution < 1.29 is 9.47 Å². The van der Waals surface area contributed by atoms with Crippen molar-refractivity contribution in [2.75, 3.05) is 6.61 Å². The first-order valence-corrected chi connectivity index (χ1v) is 6.04. The van der Waals surface area contributed by atoms with Crippen LogP contribution in [-0.4, -0.2) is 18.0 Å². The maximum absolute atomic E-state index is 5.94. The number of ether oxygens (including phenoxy) is 2. The Labute approximate surface area is 88.0 Å². The largest absolute Gasteiger partial charge is 0.348 e. The fourth-order valence-electron chi connectivity index (χ4n) is 2.60. The van der Waals surface area contributed by atoms with Gasteiger partial charge in [0.15, 0.2) is 5.79 Å². The van der Waals surface area contributed by atoms with E-state index in [2.05, 4.69) is 20.8 Å². The Morgan fingerprint density at radius 3 is 1.93 bits per heavy atom. The van der Waals surface area contributed by atoms with Crippen LogP contribution in [0.25, 0.3) is 0 Å². The van der Waals surface area contributed by atoms with Gasteiger partial charge in [-0.25, -0.2) is 0 Å². The summed E-state index contributed by atoms with van der Waals surface area (Å²) >= 11 is 0. The maximum atomic E-state index is 5.94. The zero-order valence-corrected chi connectivity index (χ0v) is 10.1. The molecule has 0 aromatic carbocycles. The topological polar surface area (TPSA) is 21.8 Å². The van der Waals surface area contributed by atoms with Gasteiger partial charge >= 0.3 is 0 Å². The zero-order valence-electron chi connectivity index (χ0n) is 10.1. The van der Waals surface area contributed by atoms with Gasteiger partial charge in [-0.05, 0) is 19.8 Å². The summed E-state index contributed by atoms with van der Waals surface area (Å²) in [5.41, 5.74) is 0.0429. The highest BCUT2D eigenvalue weighted by Gasteiger charge is 2.68. The monoisotopic (exact) mass is 200 g/mol. The molecule has 0 N–H and O–H groups in total. The minimum Gasteiger partial charge on any atom is -0.348 e. The molecule has 0 aliphatic carbocycles. The Morgan fingerprint density at radius 2 is 1.57 bits per heavy atom. The molecule has 0 radical (unpaired) electrons. The van der Waals surface area contributed by atoms with Crippen LogP contribution < -0.4 is 0 Å². The van der Waals surface area contributed by atoms with Gasteiger partial charge in [-0.3, -0.25) is 0 Å². The van der Waals surface area contributed by atoms with Crippen LogP contribution in [0.2, 0.25) is 0 Å². The van der Waals surface area contributed by atoms with Crippen molar-refractivity contribution in [3.63, 3.8) is 0 Å². The van der Waals surface area contributed by atoms with Gasteiger partial charge in [0, 0.05) is 13.0 Å². The van der Waals surface area contributed by atoms with Crippen molar-refractivity contribution in [1.82, 2.24) is 0 Å². The van der Waals surface area contributed by atoms with E-state index >= 15 is 0 Å². The third-order valence-electron chi connectivity index (χ3n) is 3.16. The summed E-state index contributed by atoms with van der Waals surface area (Å²) in [5.74, 6) is -0.242. The van der Waals surface area contributed by atoms with Crippen molar-refractivity contribution in [2.45, 2.75) is 71.2 Å². The van der Waals surface area contributed by atoms with Crippen LogP contribution >= 0.6 is 0 Å². The Balaban J connectivity index is 2.63. The average Bonchev–Trinajstić information content (AvgIpc) is 2.76. The molecule has 1 atom stereocenters. The molecule has 1 heterocycles. The fraction of sp³-hybridized carbons (Fsp3) is 1.00. The van der Waals surface area contributed by atoms with Crippen LogP contribution in [0.5, 0.6) is 0 Å². The molecule has 2 heteroatoms. The van der Waals surface area contributed by atoms with E-state index in [9.17, 15) is 0 Å². The van der Waals surface area contributed by atoms with E-state index < -0.39 is 0 Å². The molecule has 1 aliphatic rings. The lowest BCUT2D eigenvalue weighted by atomic mass is 9.90. The van der Waals surface area contributed by atoms with Crippen LogP contribution in [0.4, 0.5) is 0 Å². The van der Waals surface area contributed by atoms with Gasteiger partial charge in [0.1, 0.15) is 5.60 Å². The number of epoxide rings is 1. The highest BCUT2D eigenvalue weighted by atomic mass is 16.8. The summed E-state index contributed by atoms with van der Waals surface area (Å²) < 4.78 is 11.7. The average molecular weight is 200 g/mol. The van der Waals surface area contributed by atoms with Gasteiger partial charge < -0.3 is 9.47 Å². The lowest BCUT2D eigenvalue weighted by Gasteiger charge is -2.17. The minimum absolute atomic E-state index is 0.0429. The Hall–Kier alpha value is -0.0800. The second kappa shape index (κ2) is 4.63. The number of rotatable bonds is 7. The molecule has 2 nitrogen and oxygen atoms in total. The van der Waals surface area contributed by atoms with Crippen molar-refractivity contribution in [2.24, 2.45) is 0 Å². The second-order valence-electron chi connectivity index (χ2n) is 4.14. The van der Waals surface area contributed by atoms with E-state index in [-0.39, 0.29) is 11.4 Å². The van der Waals surface area contributed by atoms with E-state index in [0.29, 0.717) is 0 Å². The van der Waals surface area contributed by atoms with Crippen molar-refractivity contribution in [3.8, 4) is 0 Å². The predicted molar refractivity (Wildman–Crippen MR) is 58.3 cm³/mol. The first-order chi connectivity index (χ1) is 6.70. The second-order valence-corrected chi connectivity index (χ2v) is 4.14. The normalized spacial score (nSPS) is 29.1. The van der Waals surface area contributed by atoms with Crippen LogP contribution in [0.1, 0.15) is 59.8 Å². The van der Waals surface area contributed by atoms with E-state index in [1.165, 1.54) is 12.8 Å². The molecule has 1 unspecified atom stereocenters. The summed E-state index contributed by atoms with van der Waals surface area (Å²) in [6.45, 7) is 9.38. The summed E-state index contributed by atoms with van der Waals surface area (Å²) in [4.78, 5) is 0. The summed E-state index contributed by atoms with van der Waals surface area (Å²) in [5, 5.41) is 0. The number of hydrogen-bond donors (Lipinski definition) is 0. The summed E-state index contributed by atoms with van der Waals surface area (Å²) in [6, 6.07) is 0. The molecule has 1 rings (SSSR count). The molecule has 0 aromatic rings. The van der Waals surface area contributed by atoms with Gasteiger partial charge in [0.25, 0.3) is 0 Å². The summed E-state index contributed by atoms with van der Waals surface area (Å²) in [6.07, 6.45) is 5.59. The molecule has 1 aliphatic heterocycles. The van der Waals surface area contributed by atoms with Crippen molar-refractivity contribution in [3.05, 3.63) is 0 Å². The molecule has 0 bridgehead atoms. The fourth-order valence-corrected chi connectivity index (χ4v) is 2.60. The first-order valence-electron chi connectivity index (χ1n) is 6.04. The van der Waals surface area contributed by atoms with Crippen molar-refractivity contribution in [1.29, 1.82) is 0 Å². The van der Waals surface area contributed by atoms with Crippen LogP contribution in [0, 0.1) is 0 Å². The van der Waals surface area contributed by atoms with Gasteiger partial charge in [-0.1, -0.05) is 33.6 Å². The molecule has 0 spiro atoms. The zero-order chi connectivity index (χ0) is 10.7.